The number of aliphatic hydroxyl groups excluding tert-OH is 2. The molecule has 0 saturated carbocycles. The van der Waals surface area contributed by atoms with E-state index in [-0.39, 0.29) is 26.1 Å². The van der Waals surface area contributed by atoms with Crippen molar-refractivity contribution in [1.82, 2.24) is 0 Å². The van der Waals surface area contributed by atoms with E-state index in [4.69, 9.17) is 20.1 Å². The van der Waals surface area contributed by atoms with E-state index < -0.39 is 40.9 Å². The number of carboxylic acids is 3. The van der Waals surface area contributed by atoms with Gasteiger partial charge in [-0.3, -0.25) is 14.4 Å². The molecule has 0 spiro atoms. The van der Waals surface area contributed by atoms with E-state index >= 15 is 0 Å². The molecule has 0 bridgehead atoms. The largest absolute Gasteiger partial charge is 0.481 e. The third-order valence-electron chi connectivity index (χ3n) is 16.5. The molecule has 434 valence electrons. The van der Waals surface area contributed by atoms with Gasteiger partial charge in [0.05, 0.1) is 17.4 Å². The Morgan fingerprint density at radius 2 is 0.675 bits per heavy atom. The normalized spacial score (nSPS) is 13.3. The number of benzene rings is 3. The number of aliphatic carboxylic acids is 3. The summed E-state index contributed by atoms with van der Waals surface area (Å²) in [5.41, 5.74) is 0.0666. The first kappa shape index (κ1) is 67.2. The zero-order valence-corrected chi connectivity index (χ0v) is 48.1. The van der Waals surface area contributed by atoms with E-state index in [1.54, 1.807) is 0 Å². The third-order valence-corrected chi connectivity index (χ3v) is 16.5. The highest BCUT2D eigenvalue weighted by atomic mass is 16.5. The third kappa shape index (κ3) is 28.1. The van der Waals surface area contributed by atoms with Gasteiger partial charge in [-0.05, 0) is 61.6 Å². The fourth-order valence-corrected chi connectivity index (χ4v) is 11.8. The quantitative estimate of drug-likeness (QED) is 0.0274. The average molecular weight is 1070 g/mol. The van der Waals surface area contributed by atoms with Crippen LogP contribution in [0.1, 0.15) is 280 Å². The van der Waals surface area contributed by atoms with Gasteiger partial charge in [-0.15, -0.1) is 0 Å². The second-order valence-electron chi connectivity index (χ2n) is 22.7. The van der Waals surface area contributed by atoms with Crippen molar-refractivity contribution in [2.24, 2.45) is 11.3 Å². The number of hydrogen-bond acceptors (Lipinski definition) is 6. The van der Waals surface area contributed by atoms with Crippen LogP contribution in [0.4, 0.5) is 0 Å². The Bertz CT molecular complexity index is 1780. The summed E-state index contributed by atoms with van der Waals surface area (Å²) in [5.74, 6) is -3.41. The topological polar surface area (TPSA) is 162 Å². The van der Waals surface area contributed by atoms with Crippen molar-refractivity contribution >= 4 is 17.9 Å². The number of aliphatic hydroxyl groups is 2. The smallest absolute Gasteiger partial charge is 0.312 e. The van der Waals surface area contributed by atoms with Crippen molar-refractivity contribution in [3.8, 4) is 0 Å². The molecule has 0 aliphatic carbocycles. The fraction of sp³-hybridized carbons (Fsp3) is 0.691. The van der Waals surface area contributed by atoms with E-state index in [9.17, 15) is 24.6 Å². The predicted molar refractivity (Wildman–Crippen MR) is 316 cm³/mol. The van der Waals surface area contributed by atoms with Crippen LogP contribution < -0.4 is 0 Å². The van der Waals surface area contributed by atoms with Crippen LogP contribution in [0.15, 0.2) is 91.0 Å². The number of carboxylic acid groups (broad SMARTS) is 3. The van der Waals surface area contributed by atoms with Crippen LogP contribution in [0, 0.1) is 11.3 Å². The Morgan fingerprint density at radius 1 is 0.377 bits per heavy atom. The second-order valence-corrected chi connectivity index (χ2v) is 22.7. The average Bonchev–Trinajstić information content (AvgIpc) is 3.44. The zero-order chi connectivity index (χ0) is 55.3. The first-order valence-corrected chi connectivity index (χ1v) is 31.5. The highest BCUT2D eigenvalue weighted by molar-refractivity contribution is 5.78. The van der Waals surface area contributed by atoms with Gasteiger partial charge in [-0.1, -0.05) is 303 Å². The SMILES string of the molecule is O=C(O)CCCCCCCCCCCCCCC(OC(c1ccccc1)(c1ccccc1)c1ccccc1)C(CCCCCCCCCCCCCCO)(CC(CCCCCCCCCCCCCCO)C(=O)O)C(=O)O. The van der Waals surface area contributed by atoms with Crippen LogP contribution in [-0.4, -0.2) is 62.8 Å². The van der Waals surface area contributed by atoms with Crippen LogP contribution in [0.25, 0.3) is 0 Å². The molecule has 0 aliphatic heterocycles. The molecule has 0 aliphatic rings. The molecule has 0 saturated heterocycles. The van der Waals surface area contributed by atoms with Gasteiger partial charge >= 0.3 is 17.9 Å². The second kappa shape index (κ2) is 43.8. The van der Waals surface area contributed by atoms with Crippen LogP contribution >= 0.6 is 0 Å². The van der Waals surface area contributed by atoms with Gasteiger partial charge in [-0.25, -0.2) is 0 Å². The molecule has 9 nitrogen and oxygen atoms in total. The van der Waals surface area contributed by atoms with Crippen molar-refractivity contribution < 1.29 is 44.7 Å². The Balaban J connectivity index is 1.90. The lowest BCUT2D eigenvalue weighted by Crippen LogP contribution is -2.50. The van der Waals surface area contributed by atoms with Crippen molar-refractivity contribution in [2.75, 3.05) is 13.2 Å². The van der Waals surface area contributed by atoms with Crippen LogP contribution in [0.5, 0.6) is 0 Å². The lowest BCUT2D eigenvalue weighted by Gasteiger charge is -2.46. The van der Waals surface area contributed by atoms with E-state index in [2.05, 4.69) is 36.4 Å². The highest BCUT2D eigenvalue weighted by Gasteiger charge is 2.52. The van der Waals surface area contributed by atoms with Crippen molar-refractivity contribution in [1.29, 1.82) is 0 Å². The number of carbonyl (C=O) groups is 3. The minimum Gasteiger partial charge on any atom is -0.481 e. The van der Waals surface area contributed by atoms with E-state index in [0.29, 0.717) is 25.7 Å². The van der Waals surface area contributed by atoms with Crippen LogP contribution in [-0.2, 0) is 24.7 Å². The van der Waals surface area contributed by atoms with Crippen molar-refractivity contribution in [2.45, 2.75) is 275 Å². The summed E-state index contributed by atoms with van der Waals surface area (Å²) in [4.78, 5) is 39.1. The van der Waals surface area contributed by atoms with E-state index in [0.717, 1.165) is 152 Å². The van der Waals surface area contributed by atoms with Crippen LogP contribution in [0.3, 0.4) is 0 Å². The summed E-state index contributed by atoms with van der Waals surface area (Å²) in [5, 5.41) is 50.2. The Labute approximate surface area is 467 Å². The number of rotatable bonds is 53. The standard InChI is InChI=1S/C68H108O9/c69-56-44-29-23-17-11-5-3-7-13-19-25-34-46-59(65(73)74)58-67(66(75)76,55-43-28-22-16-10-4-6-12-18-24-30-45-57-70)63(53-41-26-20-14-8-1-2-9-15-21-27-42-54-64(71)72)77-68(60-47-35-31-36-48-60,61-49-37-32-38-50-61)62-51-39-33-40-52-62/h31-33,35-40,47-52,59,63,69-70H,1-30,34,41-46,53-58H2,(H,71,72)(H,73,74)(H,75,76). The first-order chi connectivity index (χ1) is 37.7. The van der Waals surface area contributed by atoms with Gasteiger partial charge in [0.2, 0.25) is 0 Å². The van der Waals surface area contributed by atoms with Gasteiger partial charge in [-0.2, -0.15) is 0 Å². The molecule has 5 N–H and O–H groups in total. The van der Waals surface area contributed by atoms with Gasteiger partial charge in [0.1, 0.15) is 5.60 Å². The lowest BCUT2D eigenvalue weighted by molar-refractivity contribution is -0.176. The highest BCUT2D eigenvalue weighted by Crippen LogP contribution is 2.49. The molecule has 77 heavy (non-hydrogen) atoms. The first-order valence-electron chi connectivity index (χ1n) is 31.5. The molecule has 3 unspecified atom stereocenters. The zero-order valence-electron chi connectivity index (χ0n) is 48.1. The minimum absolute atomic E-state index is 0.0208. The molecule has 0 aromatic heterocycles. The molecule has 0 radical (unpaired) electrons. The Kier molecular flexibility index (Phi) is 38.2. The molecular formula is C68H108O9. The molecule has 0 heterocycles. The summed E-state index contributed by atoms with van der Waals surface area (Å²) in [6.07, 6.45) is 39.2. The predicted octanol–water partition coefficient (Wildman–Crippen LogP) is 18.2. The summed E-state index contributed by atoms with van der Waals surface area (Å²) in [6, 6.07) is 30.6. The Hall–Kier alpha value is -4.05. The van der Waals surface area contributed by atoms with Crippen LogP contribution in [0.2, 0.25) is 0 Å². The molecule has 0 amide bonds. The lowest BCUT2D eigenvalue weighted by atomic mass is 9.68. The summed E-state index contributed by atoms with van der Waals surface area (Å²) in [6.45, 7) is 0.555. The van der Waals surface area contributed by atoms with Gasteiger partial charge < -0.3 is 30.3 Å². The molecule has 0 fully saturated rings. The molecular weight excluding hydrogens is 961 g/mol. The number of unbranched alkanes of at least 4 members (excludes halogenated alkanes) is 33. The number of hydrogen-bond donors (Lipinski definition) is 5. The summed E-state index contributed by atoms with van der Waals surface area (Å²) in [7, 11) is 0. The molecule has 3 aromatic rings. The number of ether oxygens (including phenoxy) is 1. The fourth-order valence-electron chi connectivity index (χ4n) is 11.8. The van der Waals surface area contributed by atoms with Gasteiger partial charge in [0, 0.05) is 19.6 Å². The molecule has 9 heteroatoms. The maximum atomic E-state index is 14.7. The monoisotopic (exact) mass is 1070 g/mol. The molecule has 3 aromatic carbocycles. The summed E-state index contributed by atoms with van der Waals surface area (Å²) >= 11 is 0. The summed E-state index contributed by atoms with van der Waals surface area (Å²) < 4.78 is 7.88. The van der Waals surface area contributed by atoms with E-state index in [1.165, 1.54) is 89.9 Å². The maximum Gasteiger partial charge on any atom is 0.312 e. The minimum atomic E-state index is -1.46. The maximum absolute atomic E-state index is 14.7. The van der Waals surface area contributed by atoms with Crippen molar-refractivity contribution in [3.05, 3.63) is 108 Å². The molecule has 3 atom stereocenters. The van der Waals surface area contributed by atoms with E-state index in [1.807, 2.05) is 54.6 Å². The van der Waals surface area contributed by atoms with Gasteiger partial charge in [0.15, 0.2) is 0 Å². The molecule has 3 rings (SSSR count). The van der Waals surface area contributed by atoms with Crippen molar-refractivity contribution in [3.63, 3.8) is 0 Å². The van der Waals surface area contributed by atoms with Gasteiger partial charge in [0.25, 0.3) is 0 Å². The Morgan fingerprint density at radius 3 is 0.987 bits per heavy atom.